The zero-order valence-electron chi connectivity index (χ0n) is 35.7. The third kappa shape index (κ3) is 5.81. The monoisotopic (exact) mass is 829 g/mol. The number of anilines is 3. The summed E-state index contributed by atoms with van der Waals surface area (Å²) >= 11 is 0. The summed E-state index contributed by atoms with van der Waals surface area (Å²) in [6.45, 7) is 0. The van der Waals surface area contributed by atoms with Crippen LogP contribution in [0.15, 0.2) is 249 Å². The molecule has 2 atom stereocenters. The molecule has 0 radical (unpaired) electrons. The van der Waals surface area contributed by atoms with Crippen LogP contribution in [0.2, 0.25) is 0 Å². The number of fused-ring (bicyclic) bond motifs is 13. The van der Waals surface area contributed by atoms with Gasteiger partial charge in [-0.2, -0.15) is 0 Å². The zero-order valence-corrected chi connectivity index (χ0v) is 35.7. The van der Waals surface area contributed by atoms with Crippen molar-refractivity contribution in [3.63, 3.8) is 0 Å². The smallest absolute Gasteiger partial charge is 0.139 e. The molecule has 0 fully saturated rings. The maximum atomic E-state index is 7.19. The van der Waals surface area contributed by atoms with Gasteiger partial charge in [-0.15, -0.1) is 0 Å². The van der Waals surface area contributed by atoms with E-state index < -0.39 is 5.41 Å². The fourth-order valence-corrected chi connectivity index (χ4v) is 11.3. The molecule has 0 aromatic heterocycles. The van der Waals surface area contributed by atoms with E-state index in [0.29, 0.717) is 0 Å². The van der Waals surface area contributed by atoms with E-state index in [9.17, 15) is 0 Å². The number of rotatable bonds is 6. The Morgan fingerprint density at radius 2 is 0.877 bits per heavy atom. The Morgan fingerprint density at radius 3 is 1.52 bits per heavy atom. The average molecular weight is 830 g/mol. The Hall–Kier alpha value is -8.20. The molecule has 2 aliphatic carbocycles. The van der Waals surface area contributed by atoms with Crippen LogP contribution >= 0.6 is 0 Å². The van der Waals surface area contributed by atoms with Gasteiger partial charge in [0.05, 0.1) is 11.1 Å². The fraction of sp³-hybridized carbons (Fsp3) is 0.0476. The first-order valence-electron chi connectivity index (χ1n) is 22.7. The SMILES string of the molecule is C1=CC2c3cc(-c4ccc(N(c5ccc(-c6ccccc6)cc5)c5ccccc5-c5ccccc5)cc4)ccc3C3(c4ccc5ccccc5c4Oc4c3ccc3ccccc43)C2C=C1. The minimum absolute atomic E-state index is 0.162. The summed E-state index contributed by atoms with van der Waals surface area (Å²) in [6.07, 6.45) is 9.37. The van der Waals surface area contributed by atoms with Gasteiger partial charge in [0.15, 0.2) is 0 Å². The van der Waals surface area contributed by atoms with Gasteiger partial charge in [-0.25, -0.2) is 0 Å². The van der Waals surface area contributed by atoms with Gasteiger partial charge in [-0.05, 0) is 80.0 Å². The highest BCUT2D eigenvalue weighted by Gasteiger charge is 2.57. The number of benzene rings is 10. The van der Waals surface area contributed by atoms with E-state index in [1.54, 1.807) is 0 Å². The number of hydrogen-bond acceptors (Lipinski definition) is 2. The lowest BCUT2D eigenvalue weighted by Crippen LogP contribution is -2.37. The second-order valence-electron chi connectivity index (χ2n) is 17.5. The molecular formula is C63H43NO. The number of nitrogens with zero attached hydrogens (tertiary/aromatic N) is 1. The number of hydrogen-bond donors (Lipinski definition) is 0. The molecule has 1 heterocycles. The van der Waals surface area contributed by atoms with Gasteiger partial charge in [0.25, 0.3) is 0 Å². The normalized spacial score (nSPS) is 16.1. The molecule has 3 aliphatic rings. The molecular weight excluding hydrogens is 787 g/mol. The van der Waals surface area contributed by atoms with Gasteiger partial charge in [0.2, 0.25) is 0 Å². The minimum Gasteiger partial charge on any atom is -0.455 e. The molecule has 1 spiro atoms. The summed E-state index contributed by atoms with van der Waals surface area (Å²) in [7, 11) is 0. The standard InChI is InChI=1S/C63H43NO/c1-3-15-42(16-4-1)43-27-34-49(35-28-43)64(60-26-14-12-21-51(60)45-17-5-2-6-18-45)50-36-29-44(30-37-50)48-33-38-57-55(41-48)54-24-11-13-25-56(54)63(57)58-39-31-46-19-7-9-22-52(46)61(58)65-62-53-23-10-8-20-47(53)32-40-59(62)63/h1-41,54,56H. The van der Waals surface area contributed by atoms with Gasteiger partial charge < -0.3 is 9.64 Å². The van der Waals surface area contributed by atoms with E-state index in [4.69, 9.17) is 4.74 Å². The fourth-order valence-electron chi connectivity index (χ4n) is 11.3. The Morgan fingerprint density at radius 1 is 0.385 bits per heavy atom. The molecule has 65 heavy (non-hydrogen) atoms. The largest absolute Gasteiger partial charge is 0.455 e. The van der Waals surface area contributed by atoms with Crippen molar-refractivity contribution in [2.75, 3.05) is 4.90 Å². The summed E-state index contributed by atoms with van der Waals surface area (Å²) in [6, 6.07) is 82.0. The Labute approximate surface area is 379 Å². The molecule has 10 aromatic carbocycles. The molecule has 0 amide bonds. The number of ether oxygens (including phenoxy) is 1. The maximum absolute atomic E-state index is 7.19. The van der Waals surface area contributed by atoms with Crippen LogP contribution in [0.25, 0.3) is 54.9 Å². The van der Waals surface area contributed by atoms with E-state index in [0.717, 1.165) is 39.3 Å². The van der Waals surface area contributed by atoms with E-state index in [-0.39, 0.29) is 11.8 Å². The van der Waals surface area contributed by atoms with Crippen LogP contribution < -0.4 is 9.64 Å². The minimum atomic E-state index is -0.455. The van der Waals surface area contributed by atoms with E-state index >= 15 is 0 Å². The zero-order chi connectivity index (χ0) is 42.9. The second-order valence-corrected chi connectivity index (χ2v) is 17.5. The van der Waals surface area contributed by atoms with Crippen molar-refractivity contribution in [3.8, 4) is 44.9 Å². The van der Waals surface area contributed by atoms with Crippen molar-refractivity contribution in [2.45, 2.75) is 11.3 Å². The van der Waals surface area contributed by atoms with Gasteiger partial charge in [-0.3, -0.25) is 0 Å². The lowest BCUT2D eigenvalue weighted by molar-refractivity contribution is 0.380. The summed E-state index contributed by atoms with van der Waals surface area (Å²) in [4.78, 5) is 2.39. The third-order valence-electron chi connectivity index (χ3n) is 14.2. The Balaban J connectivity index is 0.952. The summed E-state index contributed by atoms with van der Waals surface area (Å²) in [5, 5.41) is 4.66. The quantitative estimate of drug-likeness (QED) is 0.166. The van der Waals surface area contributed by atoms with Crippen LogP contribution in [0.1, 0.15) is 28.2 Å². The molecule has 13 rings (SSSR count). The third-order valence-corrected chi connectivity index (χ3v) is 14.2. The molecule has 2 nitrogen and oxygen atoms in total. The summed E-state index contributed by atoms with van der Waals surface area (Å²) in [5.41, 5.74) is 15.2. The van der Waals surface area contributed by atoms with Crippen molar-refractivity contribution in [2.24, 2.45) is 5.92 Å². The molecule has 0 N–H and O–H groups in total. The highest BCUT2D eigenvalue weighted by molar-refractivity contribution is 5.97. The first kappa shape index (κ1) is 37.4. The van der Waals surface area contributed by atoms with Gasteiger partial charge in [0, 0.05) is 50.7 Å². The summed E-state index contributed by atoms with van der Waals surface area (Å²) in [5.74, 6) is 2.29. The van der Waals surface area contributed by atoms with Crippen LogP contribution in [0.5, 0.6) is 11.5 Å². The van der Waals surface area contributed by atoms with E-state index in [1.807, 2.05) is 0 Å². The van der Waals surface area contributed by atoms with Crippen molar-refractivity contribution in [1.82, 2.24) is 0 Å². The first-order chi connectivity index (χ1) is 32.2. The molecule has 0 saturated carbocycles. The Bertz CT molecular complexity index is 3430. The average Bonchev–Trinajstić information content (AvgIpc) is 3.67. The van der Waals surface area contributed by atoms with Gasteiger partial charge >= 0.3 is 0 Å². The molecule has 0 saturated heterocycles. The van der Waals surface area contributed by atoms with E-state index in [1.165, 1.54) is 66.4 Å². The number of para-hydroxylation sites is 1. The van der Waals surface area contributed by atoms with Gasteiger partial charge in [-0.1, -0.05) is 218 Å². The molecule has 2 unspecified atom stereocenters. The van der Waals surface area contributed by atoms with Crippen LogP contribution in [-0.2, 0) is 5.41 Å². The van der Waals surface area contributed by atoms with Crippen molar-refractivity contribution in [3.05, 3.63) is 271 Å². The predicted octanol–water partition coefficient (Wildman–Crippen LogP) is 16.7. The van der Waals surface area contributed by atoms with Crippen LogP contribution in [0.4, 0.5) is 17.1 Å². The van der Waals surface area contributed by atoms with Crippen LogP contribution in [0.3, 0.4) is 0 Å². The highest BCUT2D eigenvalue weighted by Crippen LogP contribution is 2.66. The summed E-state index contributed by atoms with van der Waals surface area (Å²) < 4.78 is 7.19. The van der Waals surface area contributed by atoms with Crippen molar-refractivity contribution in [1.29, 1.82) is 0 Å². The van der Waals surface area contributed by atoms with Crippen LogP contribution in [0, 0.1) is 5.92 Å². The first-order valence-corrected chi connectivity index (χ1v) is 22.7. The number of allylic oxidation sites excluding steroid dienone is 4. The van der Waals surface area contributed by atoms with E-state index in [2.05, 4.69) is 254 Å². The van der Waals surface area contributed by atoms with Crippen molar-refractivity contribution < 1.29 is 4.74 Å². The van der Waals surface area contributed by atoms with Crippen LogP contribution in [-0.4, -0.2) is 0 Å². The van der Waals surface area contributed by atoms with Crippen molar-refractivity contribution >= 4 is 38.6 Å². The lowest BCUT2D eigenvalue weighted by Gasteiger charge is -2.43. The molecule has 1 aliphatic heterocycles. The lowest BCUT2D eigenvalue weighted by atomic mass is 9.61. The maximum Gasteiger partial charge on any atom is 0.139 e. The molecule has 306 valence electrons. The molecule has 10 aromatic rings. The second kappa shape index (κ2) is 15.0. The molecule has 0 bridgehead atoms. The Kier molecular flexibility index (Phi) is 8.60. The topological polar surface area (TPSA) is 12.5 Å². The highest BCUT2D eigenvalue weighted by atomic mass is 16.5. The molecule has 2 heteroatoms. The predicted molar refractivity (Wildman–Crippen MR) is 270 cm³/mol. The van der Waals surface area contributed by atoms with Gasteiger partial charge in [0.1, 0.15) is 11.5 Å².